The van der Waals surface area contributed by atoms with Gasteiger partial charge in [-0.05, 0) is 84.0 Å². The normalized spacial score (nSPS) is 37.2. The molecule has 0 spiro atoms. The maximum atomic E-state index is 12.2. The Morgan fingerprint density at radius 1 is 1.21 bits per heavy atom. The number of aliphatic hydroxyl groups excluding tert-OH is 1. The van der Waals surface area contributed by atoms with E-state index in [-0.39, 0.29) is 12.1 Å². The molecule has 3 aliphatic heterocycles. The summed E-state index contributed by atoms with van der Waals surface area (Å²) in [7, 11) is 0. The predicted molar refractivity (Wildman–Crippen MR) is 112 cm³/mol. The largest absolute Gasteiger partial charge is 0.394 e. The molecule has 4 nitrogen and oxygen atoms in total. The molecule has 3 saturated heterocycles. The molecule has 3 heterocycles. The summed E-state index contributed by atoms with van der Waals surface area (Å²) in [5, 5.41) is 9.25. The van der Waals surface area contributed by atoms with Gasteiger partial charge in [-0.1, -0.05) is 13.3 Å². The van der Waals surface area contributed by atoms with Gasteiger partial charge in [0.2, 0.25) is 0 Å². The fourth-order valence-corrected chi connectivity index (χ4v) is 6.20. The molecule has 0 amide bonds. The van der Waals surface area contributed by atoms with E-state index in [0.717, 1.165) is 50.6 Å². The van der Waals surface area contributed by atoms with E-state index < -0.39 is 0 Å². The van der Waals surface area contributed by atoms with Crippen LogP contribution in [0.1, 0.15) is 72.1 Å². The van der Waals surface area contributed by atoms with Crippen LogP contribution in [0.15, 0.2) is 11.9 Å². The van der Waals surface area contributed by atoms with Crippen molar-refractivity contribution in [1.29, 1.82) is 0 Å². The summed E-state index contributed by atoms with van der Waals surface area (Å²) in [5.74, 6) is 0. The van der Waals surface area contributed by atoms with Crippen LogP contribution in [0.3, 0.4) is 0 Å². The third-order valence-electron chi connectivity index (χ3n) is 7.67. The average Bonchev–Trinajstić information content (AvgIpc) is 3.38. The minimum Gasteiger partial charge on any atom is -0.394 e. The van der Waals surface area contributed by atoms with Crippen molar-refractivity contribution < 1.29 is 14.2 Å². The molecule has 5 heteroatoms. The van der Waals surface area contributed by atoms with Gasteiger partial charge in [0.25, 0.3) is 0 Å². The van der Waals surface area contributed by atoms with Crippen LogP contribution >= 0.6 is 0 Å². The zero-order valence-electron chi connectivity index (χ0n) is 18.3. The van der Waals surface area contributed by atoms with E-state index in [9.17, 15) is 9.50 Å². The van der Waals surface area contributed by atoms with E-state index in [4.69, 9.17) is 4.74 Å². The number of hydrogen-bond donors (Lipinski definition) is 1. The van der Waals surface area contributed by atoms with E-state index in [1.165, 1.54) is 45.2 Å². The highest BCUT2D eigenvalue weighted by atomic mass is 19.1. The Balaban J connectivity index is 0.000000167. The summed E-state index contributed by atoms with van der Waals surface area (Å²) < 4.78 is 18.2. The fraction of sp³-hybridized carbons (Fsp3) is 0.913. The monoisotopic (exact) mass is 396 g/mol. The maximum Gasteiger partial charge on any atom is 0.0872 e. The summed E-state index contributed by atoms with van der Waals surface area (Å²) in [6, 6.07) is 0.810. The van der Waals surface area contributed by atoms with E-state index in [2.05, 4.69) is 30.6 Å². The topological polar surface area (TPSA) is 35.9 Å². The number of rotatable bonds is 5. The molecule has 162 valence electrons. The van der Waals surface area contributed by atoms with Crippen molar-refractivity contribution in [2.24, 2.45) is 5.41 Å². The van der Waals surface area contributed by atoms with Crippen LogP contribution in [0.25, 0.3) is 0 Å². The number of likely N-dealkylation sites (tertiary alicyclic amines) is 1. The third kappa shape index (κ3) is 4.48. The highest BCUT2D eigenvalue weighted by Crippen LogP contribution is 2.48. The molecule has 1 N–H and O–H groups in total. The van der Waals surface area contributed by atoms with Gasteiger partial charge in [-0.25, -0.2) is 4.39 Å². The van der Waals surface area contributed by atoms with Crippen molar-refractivity contribution in [1.82, 2.24) is 9.80 Å². The van der Waals surface area contributed by atoms with Gasteiger partial charge in [0.1, 0.15) is 0 Å². The van der Waals surface area contributed by atoms with Gasteiger partial charge in [-0.3, -0.25) is 4.90 Å². The minimum absolute atomic E-state index is 0.0993. The number of hydrogen-bond acceptors (Lipinski definition) is 4. The summed E-state index contributed by atoms with van der Waals surface area (Å²) in [6.45, 7) is 12.0. The van der Waals surface area contributed by atoms with Crippen LogP contribution in [-0.4, -0.2) is 72.0 Å². The molecule has 0 bridgehead atoms. The molecule has 1 aliphatic carbocycles. The maximum absolute atomic E-state index is 12.2. The van der Waals surface area contributed by atoms with E-state index in [1.54, 1.807) is 0 Å². The summed E-state index contributed by atoms with van der Waals surface area (Å²) in [6.07, 6.45) is 10.9. The molecule has 1 saturated carbocycles. The lowest BCUT2D eigenvalue weighted by Gasteiger charge is -2.46. The Morgan fingerprint density at radius 3 is 2.61 bits per heavy atom. The van der Waals surface area contributed by atoms with Gasteiger partial charge in [0.05, 0.1) is 25.6 Å². The molecule has 28 heavy (non-hydrogen) atoms. The molecule has 3 unspecified atom stereocenters. The van der Waals surface area contributed by atoms with E-state index >= 15 is 0 Å². The fourth-order valence-electron chi connectivity index (χ4n) is 6.20. The van der Waals surface area contributed by atoms with Crippen molar-refractivity contribution in [2.75, 3.05) is 39.4 Å². The lowest BCUT2D eigenvalue weighted by molar-refractivity contribution is -0.0516. The second kappa shape index (κ2) is 9.55. The molecular weight excluding hydrogens is 355 g/mol. The Bertz CT molecular complexity index is 541. The highest BCUT2D eigenvalue weighted by molar-refractivity contribution is 5.18. The number of fused-ring (bicyclic) bond motifs is 2. The Morgan fingerprint density at radius 2 is 1.96 bits per heavy atom. The summed E-state index contributed by atoms with van der Waals surface area (Å²) >= 11 is 0. The first-order valence-corrected chi connectivity index (χ1v) is 11.5. The van der Waals surface area contributed by atoms with Crippen LogP contribution < -0.4 is 0 Å². The van der Waals surface area contributed by atoms with Crippen molar-refractivity contribution in [3.05, 3.63) is 11.9 Å². The van der Waals surface area contributed by atoms with Crippen LogP contribution in [0.2, 0.25) is 0 Å². The van der Waals surface area contributed by atoms with Crippen molar-refractivity contribution in [2.45, 2.75) is 89.8 Å². The second-order valence-electron chi connectivity index (χ2n) is 9.71. The van der Waals surface area contributed by atoms with Crippen molar-refractivity contribution in [3.8, 4) is 0 Å². The van der Waals surface area contributed by atoms with Crippen LogP contribution in [0.5, 0.6) is 0 Å². The average molecular weight is 397 g/mol. The van der Waals surface area contributed by atoms with Crippen LogP contribution in [-0.2, 0) is 4.74 Å². The molecule has 0 aromatic heterocycles. The quantitative estimate of drug-likeness (QED) is 0.758. The zero-order valence-corrected chi connectivity index (χ0v) is 18.3. The summed E-state index contributed by atoms with van der Waals surface area (Å²) in [5.41, 5.74) is 1.24. The van der Waals surface area contributed by atoms with Gasteiger partial charge in [0.15, 0.2) is 0 Å². The minimum atomic E-state index is -0.0993. The zero-order chi connectivity index (χ0) is 20.2. The van der Waals surface area contributed by atoms with Gasteiger partial charge in [-0.15, -0.1) is 0 Å². The Hall–Kier alpha value is -0.490. The molecule has 4 aliphatic rings. The van der Waals surface area contributed by atoms with E-state index in [0.29, 0.717) is 17.8 Å². The highest BCUT2D eigenvalue weighted by Gasteiger charge is 2.47. The molecule has 0 aromatic rings. The first kappa shape index (κ1) is 22.2. The third-order valence-corrected chi connectivity index (χ3v) is 7.67. The molecule has 4 fully saturated rings. The van der Waals surface area contributed by atoms with Gasteiger partial charge in [0, 0.05) is 23.5 Å². The molecular formula is C23H41FN2O2. The Kier molecular flexibility index (Phi) is 7.57. The molecule has 0 aromatic carbocycles. The number of aliphatic hydroxyl groups is 1. The van der Waals surface area contributed by atoms with Gasteiger partial charge in [-0.2, -0.15) is 0 Å². The first-order valence-electron chi connectivity index (χ1n) is 11.5. The number of nitrogens with zero attached hydrogens (tertiary/aromatic N) is 2. The first-order chi connectivity index (χ1) is 13.5. The number of ether oxygens (including phenoxy) is 1. The number of halogens is 1. The standard InChI is InChI=1S/C14H27NO.C9H14FNO/c1-4-15-10-6-9-14(11-16-12(2)3)8-5-7-13(14)15;10-5-8-4-9(7-12)2-1-3-11(9)6-8/h12-13H,4-11H2,1-3H3;5,12H,1-4,6-7H2/b;8-5-. The van der Waals surface area contributed by atoms with Gasteiger partial charge < -0.3 is 14.7 Å². The van der Waals surface area contributed by atoms with Crippen LogP contribution in [0, 0.1) is 5.41 Å². The van der Waals surface area contributed by atoms with Crippen molar-refractivity contribution >= 4 is 0 Å². The summed E-state index contributed by atoms with van der Waals surface area (Å²) in [4.78, 5) is 4.90. The number of piperidine rings is 1. The SMILES string of the molecule is CCN1CCCC2(COC(C)C)CCCC12.OCC12CCCN1C/C(=C\F)C2. The lowest BCUT2D eigenvalue weighted by Crippen LogP contribution is -2.51. The predicted octanol–water partition coefficient (Wildman–Crippen LogP) is 4.14. The molecule has 3 atom stereocenters. The molecule has 0 radical (unpaired) electrons. The van der Waals surface area contributed by atoms with E-state index in [1.807, 2.05) is 0 Å². The Labute approximate surface area is 171 Å². The van der Waals surface area contributed by atoms with Crippen molar-refractivity contribution in [3.63, 3.8) is 0 Å². The molecule has 4 rings (SSSR count). The van der Waals surface area contributed by atoms with Crippen LogP contribution in [0.4, 0.5) is 4.39 Å². The van der Waals surface area contributed by atoms with Gasteiger partial charge >= 0.3 is 0 Å². The smallest absolute Gasteiger partial charge is 0.0872 e. The second-order valence-corrected chi connectivity index (χ2v) is 9.71. The lowest BCUT2D eigenvalue weighted by atomic mass is 9.75.